The molecule has 0 aromatic carbocycles. The van der Waals surface area contributed by atoms with Gasteiger partial charge in [-0.15, -0.1) is 11.6 Å². The van der Waals surface area contributed by atoms with E-state index in [1.807, 2.05) is 0 Å². The highest BCUT2D eigenvalue weighted by atomic mass is 35.5. The number of hydrogen-bond acceptors (Lipinski definition) is 1. The molecule has 1 nitrogen and oxygen atoms in total. The minimum Gasteiger partial charge on any atom is -0.363 e. The topological polar surface area (TPSA) is 3.24 Å². The van der Waals surface area contributed by atoms with Gasteiger partial charge < -0.3 is 4.90 Å². The van der Waals surface area contributed by atoms with Gasteiger partial charge in [0.2, 0.25) is 0 Å². The minimum atomic E-state index is 0.673. The molecular formula is C12H20ClNS. The van der Waals surface area contributed by atoms with Crippen LogP contribution < -0.4 is 0 Å². The molecule has 2 fully saturated rings. The highest BCUT2D eigenvalue weighted by Crippen LogP contribution is 2.35. The zero-order valence-corrected chi connectivity index (χ0v) is 10.8. The van der Waals surface area contributed by atoms with Gasteiger partial charge in [-0.2, -0.15) is 0 Å². The quantitative estimate of drug-likeness (QED) is 0.540. The number of nitrogens with zero attached hydrogens (tertiary/aromatic N) is 1. The second-order valence-corrected chi connectivity index (χ2v) is 5.63. The van der Waals surface area contributed by atoms with E-state index in [2.05, 4.69) is 4.90 Å². The van der Waals surface area contributed by atoms with Gasteiger partial charge >= 0.3 is 0 Å². The lowest BCUT2D eigenvalue weighted by atomic mass is 9.78. The Morgan fingerprint density at radius 2 is 1.93 bits per heavy atom. The van der Waals surface area contributed by atoms with E-state index in [0.29, 0.717) is 5.88 Å². The van der Waals surface area contributed by atoms with Crippen LogP contribution in [0, 0.1) is 5.92 Å². The molecule has 0 aromatic rings. The van der Waals surface area contributed by atoms with Crippen LogP contribution in [0.1, 0.15) is 44.9 Å². The maximum absolute atomic E-state index is 5.78. The third-order valence-corrected chi connectivity index (χ3v) is 4.50. The van der Waals surface area contributed by atoms with Crippen LogP contribution in [0.3, 0.4) is 0 Å². The molecule has 0 N–H and O–H groups in total. The molecule has 1 heterocycles. The molecular weight excluding hydrogens is 226 g/mol. The zero-order valence-electron chi connectivity index (χ0n) is 9.25. The minimum absolute atomic E-state index is 0.673. The third-order valence-electron chi connectivity index (χ3n) is 3.87. The van der Waals surface area contributed by atoms with Crippen LogP contribution in [-0.4, -0.2) is 28.4 Å². The molecule has 2 aliphatic rings. The average Bonchev–Trinajstić information content (AvgIpc) is 2.28. The number of alkyl halides is 1. The molecule has 1 aliphatic heterocycles. The smallest absolute Gasteiger partial charge is 0.0793 e. The first kappa shape index (κ1) is 11.7. The summed E-state index contributed by atoms with van der Waals surface area (Å²) < 4.78 is 0. The van der Waals surface area contributed by atoms with E-state index in [1.165, 1.54) is 45.1 Å². The van der Waals surface area contributed by atoms with Crippen LogP contribution in [-0.2, 0) is 0 Å². The van der Waals surface area contributed by atoms with Crippen molar-refractivity contribution in [1.29, 1.82) is 0 Å². The SMILES string of the molecule is S=C(CCCl)N1CCC[C@@H]2CCCC[C@@H]21. The Morgan fingerprint density at radius 1 is 1.20 bits per heavy atom. The lowest BCUT2D eigenvalue weighted by Gasteiger charge is -2.45. The average molecular weight is 246 g/mol. The van der Waals surface area contributed by atoms with Gasteiger partial charge in [0.1, 0.15) is 0 Å². The van der Waals surface area contributed by atoms with Crippen molar-refractivity contribution >= 4 is 28.8 Å². The first-order chi connectivity index (χ1) is 7.33. The number of fused-ring (bicyclic) bond motifs is 1. The molecule has 0 bridgehead atoms. The van der Waals surface area contributed by atoms with E-state index in [-0.39, 0.29) is 0 Å². The molecule has 2 atom stereocenters. The monoisotopic (exact) mass is 245 g/mol. The van der Waals surface area contributed by atoms with Gasteiger partial charge in [-0.3, -0.25) is 0 Å². The largest absolute Gasteiger partial charge is 0.363 e. The van der Waals surface area contributed by atoms with Crippen LogP contribution in [0.15, 0.2) is 0 Å². The molecule has 0 amide bonds. The van der Waals surface area contributed by atoms with Crippen LogP contribution in [0.5, 0.6) is 0 Å². The summed E-state index contributed by atoms with van der Waals surface area (Å²) in [5, 5.41) is 0. The van der Waals surface area contributed by atoms with Gasteiger partial charge in [0.15, 0.2) is 0 Å². The molecule has 86 valence electrons. The Bertz CT molecular complexity index is 230. The predicted octanol–water partition coefficient (Wildman–Crippen LogP) is 3.60. The molecule has 0 aromatic heterocycles. The van der Waals surface area contributed by atoms with Crippen molar-refractivity contribution in [2.24, 2.45) is 5.92 Å². The van der Waals surface area contributed by atoms with Crippen LogP contribution >= 0.6 is 23.8 Å². The Hall–Kier alpha value is 0.180. The fraction of sp³-hybridized carbons (Fsp3) is 0.917. The second kappa shape index (κ2) is 5.49. The Labute approximate surface area is 103 Å². The number of rotatable bonds is 2. The van der Waals surface area contributed by atoms with Crippen LogP contribution in [0.2, 0.25) is 0 Å². The summed E-state index contributed by atoms with van der Waals surface area (Å²) in [6, 6.07) is 0.753. The Kier molecular flexibility index (Phi) is 4.27. The van der Waals surface area contributed by atoms with Crippen molar-refractivity contribution < 1.29 is 0 Å². The van der Waals surface area contributed by atoms with Gasteiger partial charge in [0, 0.05) is 24.9 Å². The standard InChI is InChI=1S/C12H20ClNS/c13-8-7-12(15)14-9-3-5-10-4-1-2-6-11(10)14/h10-11H,1-9H2/t10-,11-/m0/s1. The van der Waals surface area contributed by atoms with E-state index >= 15 is 0 Å². The Morgan fingerprint density at radius 3 is 2.73 bits per heavy atom. The van der Waals surface area contributed by atoms with Crippen LogP contribution in [0.4, 0.5) is 0 Å². The Balaban J connectivity index is 2.00. The summed E-state index contributed by atoms with van der Waals surface area (Å²) in [5.41, 5.74) is 0. The van der Waals surface area contributed by atoms with Crippen molar-refractivity contribution in [3.05, 3.63) is 0 Å². The molecule has 1 aliphatic carbocycles. The van der Waals surface area contributed by atoms with Crippen molar-refractivity contribution in [2.45, 2.75) is 51.0 Å². The number of halogens is 1. The normalized spacial score (nSPS) is 31.1. The van der Waals surface area contributed by atoms with Gasteiger partial charge in [-0.05, 0) is 31.6 Å². The molecule has 1 saturated heterocycles. The lowest BCUT2D eigenvalue weighted by molar-refractivity contribution is 0.120. The first-order valence-corrected chi connectivity index (χ1v) is 7.12. The zero-order chi connectivity index (χ0) is 10.7. The molecule has 0 unspecified atom stereocenters. The van der Waals surface area contributed by atoms with Crippen molar-refractivity contribution in [2.75, 3.05) is 12.4 Å². The van der Waals surface area contributed by atoms with Gasteiger partial charge in [0.25, 0.3) is 0 Å². The lowest BCUT2D eigenvalue weighted by Crippen LogP contribution is -2.49. The van der Waals surface area contributed by atoms with Crippen LogP contribution in [0.25, 0.3) is 0 Å². The molecule has 15 heavy (non-hydrogen) atoms. The van der Waals surface area contributed by atoms with Crippen molar-refractivity contribution in [3.8, 4) is 0 Å². The fourth-order valence-corrected chi connectivity index (χ4v) is 3.78. The van der Waals surface area contributed by atoms with Gasteiger partial charge in [-0.1, -0.05) is 25.1 Å². The summed E-state index contributed by atoms with van der Waals surface area (Å²) in [4.78, 5) is 3.60. The maximum Gasteiger partial charge on any atom is 0.0793 e. The van der Waals surface area contributed by atoms with Crippen molar-refractivity contribution in [1.82, 2.24) is 4.90 Å². The van der Waals surface area contributed by atoms with E-state index < -0.39 is 0 Å². The number of hydrogen-bond donors (Lipinski definition) is 0. The molecule has 3 heteroatoms. The van der Waals surface area contributed by atoms with E-state index in [9.17, 15) is 0 Å². The number of piperidine rings is 1. The summed E-state index contributed by atoms with van der Waals surface area (Å²) >= 11 is 11.3. The van der Waals surface area contributed by atoms with Gasteiger partial charge in [0.05, 0.1) is 4.99 Å². The molecule has 2 rings (SSSR count). The maximum atomic E-state index is 5.78. The van der Waals surface area contributed by atoms with E-state index in [4.69, 9.17) is 23.8 Å². The van der Waals surface area contributed by atoms with Crippen molar-refractivity contribution in [3.63, 3.8) is 0 Å². The number of likely N-dealkylation sites (tertiary alicyclic amines) is 1. The van der Waals surface area contributed by atoms with E-state index in [1.54, 1.807) is 0 Å². The molecule has 1 saturated carbocycles. The fourth-order valence-electron chi connectivity index (χ4n) is 3.16. The number of thiocarbonyl (C=S) groups is 1. The summed E-state index contributed by atoms with van der Waals surface area (Å²) in [6.45, 7) is 1.18. The van der Waals surface area contributed by atoms with Gasteiger partial charge in [-0.25, -0.2) is 0 Å². The third kappa shape index (κ3) is 2.65. The highest BCUT2D eigenvalue weighted by Gasteiger charge is 2.33. The van der Waals surface area contributed by atoms with E-state index in [0.717, 1.165) is 23.4 Å². The summed E-state index contributed by atoms with van der Waals surface area (Å²) in [5.74, 6) is 1.59. The summed E-state index contributed by atoms with van der Waals surface area (Å²) in [7, 11) is 0. The summed E-state index contributed by atoms with van der Waals surface area (Å²) in [6.07, 6.45) is 9.23. The predicted molar refractivity (Wildman–Crippen MR) is 69.6 cm³/mol. The molecule has 0 spiro atoms. The first-order valence-electron chi connectivity index (χ1n) is 6.18. The molecule has 0 radical (unpaired) electrons. The second-order valence-electron chi connectivity index (χ2n) is 4.78. The highest BCUT2D eigenvalue weighted by molar-refractivity contribution is 7.80.